The zero-order valence-corrected chi connectivity index (χ0v) is 16.9. The molecule has 4 aromatic rings. The lowest BCUT2D eigenvalue weighted by Crippen LogP contribution is -1.98. The molecular weight excluding hydrogens is 404 g/mol. The molecule has 0 saturated carbocycles. The lowest BCUT2D eigenvalue weighted by atomic mass is 9.97. The molecule has 0 saturated heterocycles. The Morgan fingerprint density at radius 3 is 2.60 bits per heavy atom. The average Bonchev–Trinajstić information content (AvgIpc) is 3.15. The lowest BCUT2D eigenvalue weighted by molar-refractivity contribution is 0.578. The van der Waals surface area contributed by atoms with Gasteiger partial charge in [-0.05, 0) is 65.6 Å². The summed E-state index contributed by atoms with van der Waals surface area (Å²) in [6.45, 7) is 0. The van der Waals surface area contributed by atoms with Crippen LogP contribution in [0.1, 0.15) is 11.1 Å². The van der Waals surface area contributed by atoms with Gasteiger partial charge in [0, 0.05) is 24.4 Å². The van der Waals surface area contributed by atoms with Crippen LogP contribution in [-0.2, 0) is 6.42 Å². The quantitative estimate of drug-likeness (QED) is 0.348. The summed E-state index contributed by atoms with van der Waals surface area (Å²) in [5, 5.41) is 0.686. The molecule has 150 valence electrons. The van der Waals surface area contributed by atoms with Gasteiger partial charge in [0.2, 0.25) is 0 Å². The Kier molecular flexibility index (Phi) is 5.72. The number of hydrogen-bond donors (Lipinski definition) is 0. The molecule has 3 nitrogen and oxygen atoms in total. The van der Waals surface area contributed by atoms with Crippen molar-refractivity contribution in [3.8, 4) is 5.69 Å². The Bertz CT molecular complexity index is 1260. The fourth-order valence-electron chi connectivity index (χ4n) is 3.32. The lowest BCUT2D eigenvalue weighted by Gasteiger charge is -2.10. The maximum Gasteiger partial charge on any atom is 0.150 e. The van der Waals surface area contributed by atoms with Crippen molar-refractivity contribution in [3.63, 3.8) is 0 Å². The van der Waals surface area contributed by atoms with Crippen LogP contribution in [0.4, 0.5) is 8.78 Å². The SMILES string of the molecule is CN=C/C=C(\Cc1ccc(Cl)cc1)c1ccc2ncn(-c3ccc(F)cc3F)c2c1. The Morgan fingerprint density at radius 2 is 1.87 bits per heavy atom. The Labute approximate surface area is 178 Å². The minimum Gasteiger partial charge on any atom is -0.297 e. The molecule has 0 N–H and O–H groups in total. The summed E-state index contributed by atoms with van der Waals surface area (Å²) in [5.41, 5.74) is 4.80. The highest BCUT2D eigenvalue weighted by Crippen LogP contribution is 2.27. The summed E-state index contributed by atoms with van der Waals surface area (Å²) in [7, 11) is 1.71. The number of halogens is 3. The number of aliphatic imine (C=N–C) groups is 1. The third-order valence-electron chi connectivity index (χ3n) is 4.82. The molecule has 0 atom stereocenters. The average molecular weight is 422 g/mol. The van der Waals surface area contributed by atoms with Crippen molar-refractivity contribution in [2.24, 2.45) is 4.99 Å². The van der Waals surface area contributed by atoms with Gasteiger partial charge in [0.1, 0.15) is 18.0 Å². The predicted molar refractivity (Wildman–Crippen MR) is 119 cm³/mol. The van der Waals surface area contributed by atoms with E-state index in [0.717, 1.165) is 33.8 Å². The van der Waals surface area contributed by atoms with Crippen LogP contribution in [0.25, 0.3) is 22.3 Å². The molecule has 3 aromatic carbocycles. The van der Waals surface area contributed by atoms with E-state index in [-0.39, 0.29) is 5.69 Å². The number of nitrogens with zero attached hydrogens (tertiary/aromatic N) is 3. The van der Waals surface area contributed by atoms with Gasteiger partial charge in [0.25, 0.3) is 0 Å². The van der Waals surface area contributed by atoms with Crippen LogP contribution in [0.3, 0.4) is 0 Å². The third-order valence-corrected chi connectivity index (χ3v) is 5.07. The Morgan fingerprint density at radius 1 is 1.07 bits per heavy atom. The van der Waals surface area contributed by atoms with Gasteiger partial charge in [0.15, 0.2) is 0 Å². The van der Waals surface area contributed by atoms with Crippen LogP contribution in [0.2, 0.25) is 5.02 Å². The fourth-order valence-corrected chi connectivity index (χ4v) is 3.45. The molecule has 0 aliphatic heterocycles. The molecular formula is C24H18ClF2N3. The zero-order chi connectivity index (χ0) is 21.1. The summed E-state index contributed by atoms with van der Waals surface area (Å²) in [6, 6.07) is 17.0. The van der Waals surface area contributed by atoms with Crippen LogP contribution in [0.15, 0.2) is 78.1 Å². The van der Waals surface area contributed by atoms with Gasteiger partial charge in [-0.1, -0.05) is 29.8 Å². The van der Waals surface area contributed by atoms with Crippen LogP contribution >= 0.6 is 11.6 Å². The van der Waals surface area contributed by atoms with Crippen molar-refractivity contribution in [3.05, 3.63) is 101 Å². The number of allylic oxidation sites excluding steroid dienone is 2. The fraction of sp³-hybridized carbons (Fsp3) is 0.0833. The topological polar surface area (TPSA) is 30.2 Å². The number of hydrogen-bond acceptors (Lipinski definition) is 2. The Hall–Kier alpha value is -3.31. The highest BCUT2D eigenvalue weighted by molar-refractivity contribution is 6.30. The first-order valence-electron chi connectivity index (χ1n) is 9.34. The maximum atomic E-state index is 14.4. The first kappa shape index (κ1) is 20.0. The third kappa shape index (κ3) is 4.16. The molecule has 1 heterocycles. The van der Waals surface area contributed by atoms with E-state index in [4.69, 9.17) is 11.6 Å². The van der Waals surface area contributed by atoms with Crippen LogP contribution in [0.5, 0.6) is 0 Å². The highest BCUT2D eigenvalue weighted by Gasteiger charge is 2.12. The zero-order valence-electron chi connectivity index (χ0n) is 16.2. The van der Waals surface area contributed by atoms with E-state index in [0.29, 0.717) is 11.4 Å². The second kappa shape index (κ2) is 8.59. The van der Waals surface area contributed by atoms with E-state index in [1.54, 1.807) is 24.2 Å². The maximum absolute atomic E-state index is 14.4. The molecule has 4 rings (SSSR count). The largest absolute Gasteiger partial charge is 0.297 e. The predicted octanol–water partition coefficient (Wildman–Crippen LogP) is 6.28. The standard InChI is InChI=1S/C24H18ClF2N3/c1-28-11-10-18(12-16-2-5-19(25)6-3-16)17-4-8-22-24(13-17)30(15-29-22)23-9-7-20(26)14-21(23)27/h2-11,13-15H,12H2,1H3/b18-10+,28-11?. The molecule has 0 unspecified atom stereocenters. The summed E-state index contributed by atoms with van der Waals surface area (Å²) in [6.07, 6.45) is 5.91. The molecule has 0 aliphatic carbocycles. The second-order valence-corrected chi connectivity index (χ2v) is 7.25. The molecule has 0 amide bonds. The normalized spacial score (nSPS) is 12.2. The molecule has 0 radical (unpaired) electrons. The van der Waals surface area contributed by atoms with Gasteiger partial charge in [-0.2, -0.15) is 0 Å². The molecule has 0 fully saturated rings. The van der Waals surface area contributed by atoms with Crippen molar-refractivity contribution >= 4 is 34.4 Å². The minimum atomic E-state index is -0.644. The molecule has 6 heteroatoms. The van der Waals surface area contributed by atoms with E-state index < -0.39 is 11.6 Å². The van der Waals surface area contributed by atoms with Crippen molar-refractivity contribution in [2.75, 3.05) is 7.05 Å². The van der Waals surface area contributed by atoms with E-state index >= 15 is 0 Å². The van der Waals surface area contributed by atoms with Crippen molar-refractivity contribution in [1.29, 1.82) is 0 Å². The van der Waals surface area contributed by atoms with Crippen LogP contribution in [-0.4, -0.2) is 22.8 Å². The molecule has 0 bridgehead atoms. The van der Waals surface area contributed by atoms with Crippen LogP contribution in [0, 0.1) is 11.6 Å². The molecule has 1 aromatic heterocycles. The van der Waals surface area contributed by atoms with Gasteiger partial charge in [-0.25, -0.2) is 13.8 Å². The number of rotatable bonds is 5. The monoisotopic (exact) mass is 421 g/mol. The summed E-state index contributed by atoms with van der Waals surface area (Å²) in [4.78, 5) is 8.43. The molecule has 0 spiro atoms. The smallest absolute Gasteiger partial charge is 0.150 e. The van der Waals surface area contributed by atoms with Gasteiger partial charge in [-0.3, -0.25) is 9.56 Å². The van der Waals surface area contributed by atoms with E-state index in [9.17, 15) is 8.78 Å². The molecule has 30 heavy (non-hydrogen) atoms. The van der Waals surface area contributed by atoms with Gasteiger partial charge < -0.3 is 0 Å². The first-order chi connectivity index (χ1) is 14.5. The van der Waals surface area contributed by atoms with Crippen molar-refractivity contribution < 1.29 is 8.78 Å². The highest BCUT2D eigenvalue weighted by atomic mass is 35.5. The summed E-state index contributed by atoms with van der Waals surface area (Å²) < 4.78 is 29.3. The number of imidazole rings is 1. The second-order valence-electron chi connectivity index (χ2n) is 6.82. The number of aromatic nitrogens is 2. The minimum absolute atomic E-state index is 0.245. The summed E-state index contributed by atoms with van der Waals surface area (Å²) >= 11 is 6.00. The van der Waals surface area contributed by atoms with Crippen molar-refractivity contribution in [1.82, 2.24) is 9.55 Å². The van der Waals surface area contributed by atoms with Gasteiger partial charge >= 0.3 is 0 Å². The van der Waals surface area contributed by atoms with Gasteiger partial charge in [-0.15, -0.1) is 0 Å². The molecule has 0 aliphatic rings. The van der Waals surface area contributed by atoms with Crippen LogP contribution < -0.4 is 0 Å². The number of benzene rings is 3. The van der Waals surface area contributed by atoms with E-state index in [1.165, 1.54) is 12.1 Å². The number of fused-ring (bicyclic) bond motifs is 1. The first-order valence-corrected chi connectivity index (χ1v) is 9.71. The van der Waals surface area contributed by atoms with E-state index in [2.05, 4.69) is 9.98 Å². The summed E-state index contributed by atoms with van der Waals surface area (Å²) in [5.74, 6) is -1.26. The Balaban J connectivity index is 1.79. The van der Waals surface area contributed by atoms with Gasteiger partial charge in [0.05, 0.1) is 16.7 Å². The van der Waals surface area contributed by atoms with E-state index in [1.807, 2.05) is 48.5 Å². The van der Waals surface area contributed by atoms with Crippen molar-refractivity contribution in [2.45, 2.75) is 6.42 Å².